The minimum atomic E-state index is -4.12. The first kappa shape index (κ1) is 15.4. The normalized spacial score (nSPS) is 20.1. The molecule has 114 valence electrons. The van der Waals surface area contributed by atoms with Crippen LogP contribution in [0.25, 0.3) is 0 Å². The maximum absolute atomic E-state index is 12.5. The summed E-state index contributed by atoms with van der Waals surface area (Å²) in [6, 6.07) is 3.97. The average Bonchev–Trinajstić information content (AvgIpc) is 2.47. The van der Waals surface area contributed by atoms with Crippen LogP contribution in [0.4, 0.5) is 5.69 Å². The number of nitro groups is 1. The second-order valence-corrected chi connectivity index (χ2v) is 6.34. The fourth-order valence-corrected chi connectivity index (χ4v) is 3.68. The Morgan fingerprint density at radius 2 is 2.10 bits per heavy atom. The van der Waals surface area contributed by atoms with Crippen molar-refractivity contribution in [3.8, 4) is 0 Å². The van der Waals surface area contributed by atoms with Crippen LogP contribution in [0.2, 0.25) is 0 Å². The molecule has 1 aromatic carbocycles. The van der Waals surface area contributed by atoms with Gasteiger partial charge in [-0.15, -0.1) is 0 Å². The van der Waals surface area contributed by atoms with Crippen LogP contribution < -0.4 is 5.32 Å². The van der Waals surface area contributed by atoms with Crippen molar-refractivity contribution in [1.29, 1.82) is 0 Å². The lowest BCUT2D eigenvalue weighted by Gasteiger charge is -2.30. The molecule has 1 aliphatic heterocycles. The molecule has 9 nitrogen and oxygen atoms in total. The van der Waals surface area contributed by atoms with Gasteiger partial charge in [0.25, 0.3) is 5.69 Å². The van der Waals surface area contributed by atoms with Crippen molar-refractivity contribution in [2.75, 3.05) is 19.6 Å². The van der Waals surface area contributed by atoms with Crippen LogP contribution in [0.5, 0.6) is 0 Å². The molecule has 0 aromatic heterocycles. The number of aliphatic carboxylic acids is 1. The summed E-state index contributed by atoms with van der Waals surface area (Å²) in [6.07, 6.45) is 0. The second kappa shape index (κ2) is 5.76. The third-order valence-corrected chi connectivity index (χ3v) is 5.03. The number of benzene rings is 1. The first-order chi connectivity index (χ1) is 9.84. The van der Waals surface area contributed by atoms with Crippen molar-refractivity contribution in [2.45, 2.75) is 10.9 Å². The smallest absolute Gasteiger partial charge is 0.322 e. The summed E-state index contributed by atoms with van der Waals surface area (Å²) in [6.45, 7) is -0.0568. The summed E-state index contributed by atoms with van der Waals surface area (Å²) in [5.41, 5.74) is -0.525. The Hall–Kier alpha value is -2.04. The summed E-state index contributed by atoms with van der Waals surface area (Å²) in [5.74, 6) is -1.17. The maximum atomic E-state index is 12.5. The van der Waals surface area contributed by atoms with E-state index in [0.717, 1.165) is 16.4 Å². The van der Waals surface area contributed by atoms with Gasteiger partial charge in [-0.25, -0.2) is 8.42 Å². The van der Waals surface area contributed by atoms with Crippen molar-refractivity contribution >= 4 is 21.7 Å². The van der Waals surface area contributed by atoms with Crippen LogP contribution >= 0.6 is 0 Å². The van der Waals surface area contributed by atoms with E-state index >= 15 is 0 Å². The van der Waals surface area contributed by atoms with Gasteiger partial charge in [0.05, 0.1) is 4.92 Å². The molecule has 0 saturated carbocycles. The quantitative estimate of drug-likeness (QED) is 0.573. The average molecular weight is 315 g/mol. The minimum Gasteiger partial charge on any atom is -0.480 e. The molecule has 2 rings (SSSR count). The molecule has 0 bridgehead atoms. The molecule has 1 aliphatic rings. The second-order valence-electron chi connectivity index (χ2n) is 4.43. The highest BCUT2D eigenvalue weighted by atomic mass is 32.2. The zero-order valence-electron chi connectivity index (χ0n) is 10.8. The van der Waals surface area contributed by atoms with Gasteiger partial charge in [0, 0.05) is 25.7 Å². The number of rotatable bonds is 4. The predicted octanol–water partition coefficient (Wildman–Crippen LogP) is -0.358. The SMILES string of the molecule is O=C(O)C1CN(S(=O)(=O)c2ccccc2[N+](=O)[O-])CCN1. The fraction of sp³-hybridized carbons (Fsp3) is 0.364. The van der Waals surface area contributed by atoms with Gasteiger partial charge in [0.15, 0.2) is 4.90 Å². The van der Waals surface area contributed by atoms with Gasteiger partial charge in [0.1, 0.15) is 6.04 Å². The number of nitrogens with one attached hydrogen (secondary N) is 1. The Morgan fingerprint density at radius 3 is 2.71 bits per heavy atom. The molecular weight excluding hydrogens is 302 g/mol. The van der Waals surface area contributed by atoms with E-state index in [-0.39, 0.29) is 19.6 Å². The maximum Gasteiger partial charge on any atom is 0.322 e. The van der Waals surface area contributed by atoms with Crippen molar-refractivity contribution in [3.63, 3.8) is 0 Å². The van der Waals surface area contributed by atoms with E-state index in [1.54, 1.807) is 0 Å². The van der Waals surface area contributed by atoms with Crippen molar-refractivity contribution in [2.24, 2.45) is 0 Å². The highest BCUT2D eigenvalue weighted by Gasteiger charge is 2.36. The number of carboxylic acid groups (broad SMARTS) is 1. The lowest BCUT2D eigenvalue weighted by Crippen LogP contribution is -2.55. The molecule has 1 atom stereocenters. The van der Waals surface area contributed by atoms with Gasteiger partial charge in [-0.05, 0) is 6.07 Å². The Labute approximate surface area is 120 Å². The predicted molar refractivity (Wildman–Crippen MR) is 71.3 cm³/mol. The molecule has 10 heteroatoms. The summed E-state index contributed by atoms with van der Waals surface area (Å²) in [5, 5.41) is 22.6. The third-order valence-electron chi connectivity index (χ3n) is 3.12. The van der Waals surface area contributed by atoms with E-state index in [0.29, 0.717) is 0 Å². The van der Waals surface area contributed by atoms with Gasteiger partial charge in [0.2, 0.25) is 10.0 Å². The number of carboxylic acids is 1. The number of hydrogen-bond donors (Lipinski definition) is 2. The van der Waals surface area contributed by atoms with Gasteiger partial charge in [-0.3, -0.25) is 14.9 Å². The zero-order chi connectivity index (χ0) is 15.6. The summed E-state index contributed by atoms with van der Waals surface area (Å²) in [4.78, 5) is 20.7. The Balaban J connectivity index is 2.38. The van der Waals surface area contributed by atoms with E-state index in [1.165, 1.54) is 12.1 Å². The number of sulfonamides is 1. The molecule has 1 heterocycles. The molecule has 1 fully saturated rings. The van der Waals surface area contributed by atoms with E-state index in [9.17, 15) is 23.3 Å². The van der Waals surface area contributed by atoms with Crippen LogP contribution in [-0.2, 0) is 14.8 Å². The van der Waals surface area contributed by atoms with Gasteiger partial charge in [-0.2, -0.15) is 4.31 Å². The van der Waals surface area contributed by atoms with Crippen LogP contribution in [0, 0.1) is 10.1 Å². The van der Waals surface area contributed by atoms with E-state index < -0.39 is 37.5 Å². The Kier molecular flexibility index (Phi) is 4.21. The van der Waals surface area contributed by atoms with E-state index in [2.05, 4.69) is 5.32 Å². The number of nitrogens with zero attached hydrogens (tertiary/aromatic N) is 2. The fourth-order valence-electron chi connectivity index (χ4n) is 2.07. The van der Waals surface area contributed by atoms with Crippen molar-refractivity contribution in [1.82, 2.24) is 9.62 Å². The highest BCUT2D eigenvalue weighted by Crippen LogP contribution is 2.26. The monoisotopic (exact) mass is 315 g/mol. The van der Waals surface area contributed by atoms with Crippen molar-refractivity contribution in [3.05, 3.63) is 34.4 Å². The lowest BCUT2D eigenvalue weighted by molar-refractivity contribution is -0.387. The third kappa shape index (κ3) is 3.01. The van der Waals surface area contributed by atoms with Gasteiger partial charge >= 0.3 is 5.97 Å². The molecule has 0 radical (unpaired) electrons. The molecule has 1 saturated heterocycles. The molecule has 0 spiro atoms. The van der Waals surface area contributed by atoms with E-state index in [1.807, 2.05) is 0 Å². The molecule has 2 N–H and O–H groups in total. The topological polar surface area (TPSA) is 130 Å². The van der Waals surface area contributed by atoms with Crippen LogP contribution in [0.3, 0.4) is 0 Å². The number of nitro benzene ring substituents is 1. The summed E-state index contributed by atoms with van der Waals surface area (Å²) < 4.78 is 25.9. The molecule has 0 aliphatic carbocycles. The number of hydrogen-bond acceptors (Lipinski definition) is 6. The van der Waals surface area contributed by atoms with Gasteiger partial charge in [-0.1, -0.05) is 12.1 Å². The molecular formula is C11H13N3O6S. The Morgan fingerprint density at radius 1 is 1.43 bits per heavy atom. The number of para-hydroxylation sites is 1. The molecule has 1 unspecified atom stereocenters. The minimum absolute atomic E-state index is 0.0537. The molecule has 21 heavy (non-hydrogen) atoms. The molecule has 1 aromatic rings. The van der Waals surface area contributed by atoms with Crippen LogP contribution in [0.1, 0.15) is 0 Å². The standard InChI is InChI=1S/C11H13N3O6S/c15-11(16)8-7-13(6-5-12-8)21(19,20)10-4-2-1-3-9(10)14(17)18/h1-4,8,12H,5-7H2,(H,15,16). The van der Waals surface area contributed by atoms with Crippen molar-refractivity contribution < 1.29 is 23.2 Å². The Bertz CT molecular complexity index is 674. The van der Waals surface area contributed by atoms with Gasteiger partial charge < -0.3 is 10.4 Å². The van der Waals surface area contributed by atoms with E-state index in [4.69, 9.17) is 5.11 Å². The zero-order valence-corrected chi connectivity index (χ0v) is 11.6. The number of piperazine rings is 1. The largest absolute Gasteiger partial charge is 0.480 e. The van der Waals surface area contributed by atoms with Crippen LogP contribution in [-0.4, -0.2) is 54.4 Å². The number of carbonyl (C=O) groups is 1. The van der Waals surface area contributed by atoms with Crippen LogP contribution in [0.15, 0.2) is 29.2 Å². The first-order valence-electron chi connectivity index (χ1n) is 6.04. The first-order valence-corrected chi connectivity index (χ1v) is 7.48. The molecule has 0 amide bonds. The lowest BCUT2D eigenvalue weighted by atomic mass is 10.2. The highest BCUT2D eigenvalue weighted by molar-refractivity contribution is 7.89. The summed E-state index contributed by atoms with van der Waals surface area (Å²) >= 11 is 0. The summed E-state index contributed by atoms with van der Waals surface area (Å²) in [7, 11) is -4.12.